The fourth-order valence-corrected chi connectivity index (χ4v) is 2.18. The monoisotopic (exact) mass is 303 g/mol. The third-order valence-corrected chi connectivity index (χ3v) is 3.50. The van der Waals surface area contributed by atoms with Crippen LogP contribution in [0.3, 0.4) is 0 Å². The summed E-state index contributed by atoms with van der Waals surface area (Å²) in [5.41, 5.74) is 0. The number of aliphatic carboxylic acids is 1. The van der Waals surface area contributed by atoms with Crippen LogP contribution in [0.4, 0.5) is 8.78 Å². The van der Waals surface area contributed by atoms with Crippen LogP contribution in [0.25, 0.3) is 0 Å². The average molecular weight is 303 g/mol. The molecule has 1 aromatic carbocycles. The minimum Gasteiger partial charge on any atom is -0.480 e. The molecule has 0 aliphatic heterocycles. The number of hydrogen-bond donors (Lipinski definition) is 2. The lowest BCUT2D eigenvalue weighted by Gasteiger charge is -2.17. The predicted octanol–water partition coefficient (Wildman–Crippen LogP) is 2.28. The van der Waals surface area contributed by atoms with Gasteiger partial charge in [0.2, 0.25) is 5.91 Å². The summed E-state index contributed by atoms with van der Waals surface area (Å²) in [6.07, 6.45) is 0. The van der Waals surface area contributed by atoms with Crippen molar-refractivity contribution in [1.29, 1.82) is 0 Å². The average Bonchev–Trinajstić information content (AvgIpc) is 2.36. The van der Waals surface area contributed by atoms with Crippen molar-refractivity contribution in [3.63, 3.8) is 0 Å². The summed E-state index contributed by atoms with van der Waals surface area (Å²) in [6.45, 7) is 3.36. The molecule has 1 rings (SSSR count). The molecule has 0 saturated heterocycles. The van der Waals surface area contributed by atoms with Gasteiger partial charge in [-0.25, -0.2) is 13.6 Å². The van der Waals surface area contributed by atoms with E-state index in [0.29, 0.717) is 4.90 Å². The van der Waals surface area contributed by atoms with E-state index in [1.54, 1.807) is 13.8 Å². The van der Waals surface area contributed by atoms with Gasteiger partial charge in [0.1, 0.15) is 6.04 Å². The van der Waals surface area contributed by atoms with Gasteiger partial charge in [0.05, 0.1) is 5.75 Å². The summed E-state index contributed by atoms with van der Waals surface area (Å²) < 4.78 is 25.7. The van der Waals surface area contributed by atoms with Crippen molar-refractivity contribution in [2.75, 3.05) is 5.75 Å². The second-order valence-corrected chi connectivity index (χ2v) is 5.54. The number of carboxylic acids is 1. The highest BCUT2D eigenvalue weighted by Gasteiger charge is 2.23. The molecule has 0 spiro atoms. The minimum atomic E-state index is -1.11. The summed E-state index contributed by atoms with van der Waals surface area (Å²) >= 11 is 1.01. The molecule has 1 amide bonds. The maximum absolute atomic E-state index is 13.0. The largest absolute Gasteiger partial charge is 0.480 e. The minimum absolute atomic E-state index is 0.0679. The van der Waals surface area contributed by atoms with Gasteiger partial charge in [-0.15, -0.1) is 11.8 Å². The quantitative estimate of drug-likeness (QED) is 0.791. The highest BCUT2D eigenvalue weighted by molar-refractivity contribution is 8.00. The summed E-state index contributed by atoms with van der Waals surface area (Å²) in [7, 11) is 0. The van der Waals surface area contributed by atoms with Gasteiger partial charge in [-0.3, -0.25) is 4.79 Å². The van der Waals surface area contributed by atoms with Crippen molar-refractivity contribution in [3.05, 3.63) is 29.8 Å². The number of amides is 1. The number of rotatable bonds is 6. The van der Waals surface area contributed by atoms with Gasteiger partial charge in [0.25, 0.3) is 0 Å². The van der Waals surface area contributed by atoms with Gasteiger partial charge >= 0.3 is 5.97 Å². The molecule has 0 fully saturated rings. The van der Waals surface area contributed by atoms with Crippen molar-refractivity contribution in [2.45, 2.75) is 24.8 Å². The lowest BCUT2D eigenvalue weighted by Crippen LogP contribution is -2.45. The standard InChI is InChI=1S/C13H15F2NO3S/c1-7(2)12(13(18)19)16-11(17)6-20-8-3-4-9(14)10(15)5-8/h3-5,7,12H,6H2,1-2H3,(H,16,17)(H,18,19). The molecular formula is C13H15F2NO3S. The number of halogens is 2. The van der Waals surface area contributed by atoms with Crippen molar-refractivity contribution >= 4 is 23.6 Å². The van der Waals surface area contributed by atoms with Crippen LogP contribution in [0.2, 0.25) is 0 Å². The predicted molar refractivity (Wildman–Crippen MR) is 71.5 cm³/mol. The van der Waals surface area contributed by atoms with Gasteiger partial charge in [-0.2, -0.15) is 0 Å². The summed E-state index contributed by atoms with van der Waals surface area (Å²) in [5, 5.41) is 11.3. The van der Waals surface area contributed by atoms with E-state index in [-0.39, 0.29) is 11.7 Å². The molecule has 0 aliphatic carbocycles. The molecule has 20 heavy (non-hydrogen) atoms. The number of thioether (sulfide) groups is 1. The summed E-state index contributed by atoms with van der Waals surface area (Å²) in [4.78, 5) is 22.9. The van der Waals surface area contributed by atoms with Crippen LogP contribution in [0.15, 0.2) is 23.1 Å². The third kappa shape index (κ3) is 4.80. The number of carbonyl (C=O) groups is 2. The Morgan fingerprint density at radius 3 is 2.45 bits per heavy atom. The molecule has 4 nitrogen and oxygen atoms in total. The van der Waals surface area contributed by atoms with Crippen LogP contribution in [-0.4, -0.2) is 28.8 Å². The number of nitrogens with one attached hydrogen (secondary N) is 1. The Labute approximate surface area is 119 Å². The smallest absolute Gasteiger partial charge is 0.326 e. The van der Waals surface area contributed by atoms with E-state index >= 15 is 0 Å². The molecule has 0 aliphatic rings. The van der Waals surface area contributed by atoms with Gasteiger partial charge < -0.3 is 10.4 Å². The lowest BCUT2D eigenvalue weighted by molar-refractivity contribution is -0.142. The molecular weight excluding hydrogens is 288 g/mol. The zero-order valence-electron chi connectivity index (χ0n) is 11.0. The van der Waals surface area contributed by atoms with Gasteiger partial charge in [-0.05, 0) is 24.1 Å². The van der Waals surface area contributed by atoms with E-state index in [9.17, 15) is 18.4 Å². The van der Waals surface area contributed by atoms with Crippen molar-refractivity contribution in [1.82, 2.24) is 5.32 Å². The van der Waals surface area contributed by atoms with E-state index in [2.05, 4.69) is 5.32 Å². The van der Waals surface area contributed by atoms with E-state index in [0.717, 1.165) is 23.9 Å². The number of benzene rings is 1. The molecule has 110 valence electrons. The van der Waals surface area contributed by atoms with Crippen molar-refractivity contribution in [2.24, 2.45) is 5.92 Å². The first-order chi connectivity index (χ1) is 9.31. The van der Waals surface area contributed by atoms with E-state index < -0.39 is 29.6 Å². The maximum Gasteiger partial charge on any atom is 0.326 e. The Morgan fingerprint density at radius 2 is 1.95 bits per heavy atom. The van der Waals surface area contributed by atoms with Gasteiger partial charge in [0, 0.05) is 4.90 Å². The zero-order valence-corrected chi connectivity index (χ0v) is 11.8. The molecule has 1 unspecified atom stereocenters. The molecule has 1 atom stereocenters. The first-order valence-corrected chi connectivity index (χ1v) is 6.90. The normalized spacial score (nSPS) is 12.2. The highest BCUT2D eigenvalue weighted by atomic mass is 32.2. The number of carbonyl (C=O) groups excluding carboxylic acids is 1. The molecule has 1 aromatic rings. The molecule has 0 aromatic heterocycles. The molecule has 2 N–H and O–H groups in total. The van der Waals surface area contributed by atoms with Crippen LogP contribution < -0.4 is 5.32 Å². The fourth-order valence-electron chi connectivity index (χ4n) is 1.44. The molecule has 0 heterocycles. The first-order valence-electron chi connectivity index (χ1n) is 5.91. The van der Waals surface area contributed by atoms with Crippen molar-refractivity contribution < 1.29 is 23.5 Å². The fraction of sp³-hybridized carbons (Fsp3) is 0.385. The summed E-state index contributed by atoms with van der Waals surface area (Å²) in [6, 6.07) is 2.36. The van der Waals surface area contributed by atoms with E-state index in [1.807, 2.05) is 0 Å². The summed E-state index contributed by atoms with van der Waals surface area (Å²) in [5.74, 6) is -3.83. The second-order valence-electron chi connectivity index (χ2n) is 4.49. The highest BCUT2D eigenvalue weighted by Crippen LogP contribution is 2.20. The lowest BCUT2D eigenvalue weighted by atomic mass is 10.1. The number of carboxylic acid groups (broad SMARTS) is 1. The van der Waals surface area contributed by atoms with Crippen LogP contribution in [0, 0.1) is 17.6 Å². The maximum atomic E-state index is 13.0. The van der Waals surface area contributed by atoms with Gasteiger partial charge in [0.15, 0.2) is 11.6 Å². The molecule has 0 saturated carbocycles. The molecule has 0 bridgehead atoms. The topological polar surface area (TPSA) is 66.4 Å². The third-order valence-electron chi connectivity index (χ3n) is 2.51. The Balaban J connectivity index is 2.54. The van der Waals surface area contributed by atoms with Crippen LogP contribution >= 0.6 is 11.8 Å². The van der Waals surface area contributed by atoms with E-state index in [4.69, 9.17) is 5.11 Å². The Bertz CT molecular complexity index is 508. The van der Waals surface area contributed by atoms with Crippen molar-refractivity contribution in [3.8, 4) is 0 Å². The number of hydrogen-bond acceptors (Lipinski definition) is 3. The van der Waals surface area contributed by atoms with Crippen LogP contribution in [-0.2, 0) is 9.59 Å². The van der Waals surface area contributed by atoms with E-state index in [1.165, 1.54) is 6.07 Å². The SMILES string of the molecule is CC(C)C(NC(=O)CSc1ccc(F)c(F)c1)C(=O)O. The second kappa shape index (κ2) is 7.23. The first kappa shape index (κ1) is 16.4. The van der Waals surface area contributed by atoms with Gasteiger partial charge in [-0.1, -0.05) is 13.8 Å². The Hall–Kier alpha value is -1.63. The Morgan fingerprint density at radius 1 is 1.30 bits per heavy atom. The zero-order chi connectivity index (χ0) is 15.3. The molecule has 7 heteroatoms. The molecule has 0 radical (unpaired) electrons. The van der Waals surface area contributed by atoms with Crippen LogP contribution in [0.1, 0.15) is 13.8 Å². The Kier molecular flexibility index (Phi) is 5.94. The van der Waals surface area contributed by atoms with Crippen LogP contribution in [0.5, 0.6) is 0 Å².